The van der Waals surface area contributed by atoms with E-state index in [9.17, 15) is 14.7 Å². The van der Waals surface area contributed by atoms with Crippen molar-refractivity contribution in [3.63, 3.8) is 0 Å². The van der Waals surface area contributed by atoms with Gasteiger partial charge in [-0.3, -0.25) is 9.59 Å². The minimum absolute atomic E-state index is 0.0606. The Morgan fingerprint density at radius 2 is 2.00 bits per heavy atom. The molecule has 6 heteroatoms. The molecule has 1 saturated heterocycles. The predicted molar refractivity (Wildman–Crippen MR) is 88.6 cm³/mol. The minimum atomic E-state index is -1.63. The minimum Gasteiger partial charge on any atom is -0.490 e. The molecule has 0 bridgehead atoms. The highest BCUT2D eigenvalue weighted by molar-refractivity contribution is 5.95. The highest BCUT2D eigenvalue weighted by atomic mass is 16.5. The molecule has 1 atom stereocenters. The van der Waals surface area contributed by atoms with Crippen molar-refractivity contribution in [3.8, 4) is 5.75 Å². The summed E-state index contributed by atoms with van der Waals surface area (Å²) in [6.45, 7) is 0.441. The Balaban J connectivity index is 1.71. The first-order valence-corrected chi connectivity index (χ1v) is 8.56. The summed E-state index contributed by atoms with van der Waals surface area (Å²) >= 11 is 0. The van der Waals surface area contributed by atoms with Crippen LogP contribution in [0.3, 0.4) is 0 Å². The van der Waals surface area contributed by atoms with E-state index in [0.717, 1.165) is 12.8 Å². The maximum Gasteiger partial charge on any atom is 0.254 e. The van der Waals surface area contributed by atoms with Crippen LogP contribution < -0.4 is 10.5 Å². The number of likely N-dealkylation sites (tertiary alicyclic amines) is 1. The predicted octanol–water partition coefficient (Wildman–Crippen LogP) is 1.46. The third-order valence-electron chi connectivity index (χ3n) is 4.90. The number of carbonyl (C=O) groups excluding carboxylic acids is 2. The summed E-state index contributed by atoms with van der Waals surface area (Å²) < 4.78 is 5.94. The van der Waals surface area contributed by atoms with E-state index in [0.29, 0.717) is 24.3 Å². The first-order chi connectivity index (χ1) is 11.5. The number of nitrogens with zero attached hydrogens (tertiary/aromatic N) is 1. The molecule has 2 amide bonds. The lowest BCUT2D eigenvalue weighted by molar-refractivity contribution is -0.140. The number of hydrogen-bond acceptors (Lipinski definition) is 4. The number of amides is 2. The van der Waals surface area contributed by atoms with Gasteiger partial charge in [0.25, 0.3) is 11.8 Å². The van der Waals surface area contributed by atoms with Gasteiger partial charge in [-0.2, -0.15) is 0 Å². The van der Waals surface area contributed by atoms with E-state index < -0.39 is 11.5 Å². The zero-order chi connectivity index (χ0) is 17.2. The average molecular weight is 332 g/mol. The van der Waals surface area contributed by atoms with Crippen LogP contribution in [0.15, 0.2) is 24.3 Å². The largest absolute Gasteiger partial charge is 0.490 e. The highest BCUT2D eigenvalue weighted by Crippen LogP contribution is 2.26. The molecule has 2 fully saturated rings. The molecule has 1 aliphatic carbocycles. The number of carbonyl (C=O) groups is 2. The van der Waals surface area contributed by atoms with Crippen LogP contribution in [0, 0.1) is 0 Å². The van der Waals surface area contributed by atoms with Crippen molar-refractivity contribution in [2.75, 3.05) is 13.1 Å². The molecule has 6 nitrogen and oxygen atoms in total. The van der Waals surface area contributed by atoms with Gasteiger partial charge in [-0.1, -0.05) is 6.07 Å². The fourth-order valence-corrected chi connectivity index (χ4v) is 3.49. The fourth-order valence-electron chi connectivity index (χ4n) is 3.49. The first kappa shape index (κ1) is 16.8. The lowest BCUT2D eigenvalue weighted by Crippen LogP contribution is -2.57. The van der Waals surface area contributed by atoms with Gasteiger partial charge in [0.05, 0.1) is 12.6 Å². The first-order valence-electron chi connectivity index (χ1n) is 8.56. The summed E-state index contributed by atoms with van der Waals surface area (Å²) in [5, 5.41) is 10.3. The molecule has 1 aromatic carbocycles. The van der Waals surface area contributed by atoms with E-state index in [1.807, 2.05) is 6.07 Å². The number of piperidine rings is 1. The fraction of sp³-hybridized carbons (Fsp3) is 0.556. The van der Waals surface area contributed by atoms with Crippen LogP contribution in [0.5, 0.6) is 5.75 Å². The zero-order valence-corrected chi connectivity index (χ0v) is 13.7. The summed E-state index contributed by atoms with van der Waals surface area (Å²) in [7, 11) is 0. The molecule has 0 spiro atoms. The molecule has 1 heterocycles. The average Bonchev–Trinajstić information content (AvgIpc) is 3.07. The molecule has 2 aliphatic rings. The van der Waals surface area contributed by atoms with Gasteiger partial charge in [0.15, 0.2) is 5.60 Å². The van der Waals surface area contributed by atoms with Crippen LogP contribution in [-0.4, -0.2) is 46.6 Å². The lowest BCUT2D eigenvalue weighted by Gasteiger charge is -2.37. The number of hydrogen-bond donors (Lipinski definition) is 2. The zero-order valence-electron chi connectivity index (χ0n) is 13.7. The van der Waals surface area contributed by atoms with Crippen LogP contribution in [0.1, 0.15) is 48.9 Å². The normalized spacial score (nSPS) is 24.8. The van der Waals surface area contributed by atoms with E-state index in [2.05, 4.69) is 0 Å². The van der Waals surface area contributed by atoms with Gasteiger partial charge in [0.2, 0.25) is 0 Å². The Morgan fingerprint density at radius 1 is 1.25 bits per heavy atom. The Labute approximate surface area is 141 Å². The highest BCUT2D eigenvalue weighted by Gasteiger charge is 2.40. The molecule has 1 aliphatic heterocycles. The summed E-state index contributed by atoms with van der Waals surface area (Å²) in [5.41, 5.74) is 4.14. The van der Waals surface area contributed by atoms with E-state index in [1.165, 1.54) is 17.7 Å². The van der Waals surface area contributed by atoms with Gasteiger partial charge in [0, 0.05) is 12.1 Å². The van der Waals surface area contributed by atoms with E-state index >= 15 is 0 Å². The summed E-state index contributed by atoms with van der Waals surface area (Å²) in [5.74, 6) is -0.306. The van der Waals surface area contributed by atoms with Gasteiger partial charge in [-0.25, -0.2) is 0 Å². The van der Waals surface area contributed by atoms with E-state index in [1.54, 1.807) is 18.2 Å². The molecule has 130 valence electrons. The van der Waals surface area contributed by atoms with Crippen LogP contribution in [0.25, 0.3) is 0 Å². The summed E-state index contributed by atoms with van der Waals surface area (Å²) in [6, 6.07) is 7.10. The van der Waals surface area contributed by atoms with Crippen molar-refractivity contribution in [1.82, 2.24) is 4.90 Å². The smallest absolute Gasteiger partial charge is 0.254 e. The second kappa shape index (κ2) is 6.81. The van der Waals surface area contributed by atoms with Crippen molar-refractivity contribution in [1.29, 1.82) is 0 Å². The van der Waals surface area contributed by atoms with Gasteiger partial charge in [-0.05, 0) is 56.7 Å². The van der Waals surface area contributed by atoms with Crippen molar-refractivity contribution in [3.05, 3.63) is 29.8 Å². The maximum absolute atomic E-state index is 12.7. The Morgan fingerprint density at radius 3 is 2.71 bits per heavy atom. The van der Waals surface area contributed by atoms with Gasteiger partial charge in [0.1, 0.15) is 5.75 Å². The van der Waals surface area contributed by atoms with Crippen molar-refractivity contribution < 1.29 is 19.4 Å². The molecule has 0 aromatic heterocycles. The maximum atomic E-state index is 12.7. The molecular formula is C18H24N2O4. The van der Waals surface area contributed by atoms with Gasteiger partial charge in [-0.15, -0.1) is 0 Å². The Hall–Kier alpha value is -2.08. The van der Waals surface area contributed by atoms with Gasteiger partial charge < -0.3 is 20.5 Å². The number of ether oxygens (including phenoxy) is 1. The number of β-amino-alcohol motifs (C(OH)–C–C–N with tert-alkyl or cyclic N) is 1. The lowest BCUT2D eigenvalue weighted by atomic mass is 9.92. The number of nitrogens with two attached hydrogens (primary N) is 1. The molecule has 3 N–H and O–H groups in total. The van der Waals surface area contributed by atoms with E-state index in [4.69, 9.17) is 10.5 Å². The van der Waals surface area contributed by atoms with Crippen LogP contribution in [0.4, 0.5) is 0 Å². The second-order valence-corrected chi connectivity index (χ2v) is 6.78. The molecule has 3 rings (SSSR count). The molecule has 24 heavy (non-hydrogen) atoms. The van der Waals surface area contributed by atoms with Crippen molar-refractivity contribution in [2.45, 2.75) is 50.2 Å². The molecule has 1 saturated carbocycles. The van der Waals surface area contributed by atoms with Crippen LogP contribution >= 0.6 is 0 Å². The standard InChI is InChI=1S/C18H24N2O4/c19-17(22)18(23)9-4-10-20(12-18)16(21)13-5-3-8-15(11-13)24-14-6-1-2-7-14/h3,5,8,11,14,23H,1-2,4,6-7,9-10,12H2,(H2,19,22)/t18-/m0/s1. The number of rotatable bonds is 4. The van der Waals surface area contributed by atoms with Crippen LogP contribution in [0.2, 0.25) is 0 Å². The number of benzene rings is 1. The van der Waals surface area contributed by atoms with Gasteiger partial charge >= 0.3 is 0 Å². The Bertz CT molecular complexity index is 627. The van der Waals surface area contributed by atoms with E-state index in [-0.39, 0.29) is 25.0 Å². The SMILES string of the molecule is NC(=O)[C@]1(O)CCCN(C(=O)c2cccc(OC3CCCC3)c2)C1. The molecule has 1 aromatic rings. The van der Waals surface area contributed by atoms with Crippen molar-refractivity contribution >= 4 is 11.8 Å². The molecule has 0 unspecified atom stereocenters. The topological polar surface area (TPSA) is 92.9 Å². The number of aliphatic hydroxyl groups is 1. The molecular weight excluding hydrogens is 308 g/mol. The molecule has 0 radical (unpaired) electrons. The number of primary amides is 1. The Kier molecular flexibility index (Phi) is 4.76. The third kappa shape index (κ3) is 3.53. The second-order valence-electron chi connectivity index (χ2n) is 6.78. The van der Waals surface area contributed by atoms with Crippen LogP contribution in [-0.2, 0) is 4.79 Å². The van der Waals surface area contributed by atoms with Crippen molar-refractivity contribution in [2.24, 2.45) is 5.73 Å². The summed E-state index contributed by atoms with van der Waals surface area (Å²) in [4.78, 5) is 25.6. The quantitative estimate of drug-likeness (QED) is 0.873. The third-order valence-corrected chi connectivity index (χ3v) is 4.90. The monoisotopic (exact) mass is 332 g/mol. The summed E-state index contributed by atoms with van der Waals surface area (Å²) in [6.07, 6.45) is 5.53.